The predicted octanol–water partition coefficient (Wildman–Crippen LogP) is 3.18. The van der Waals surface area contributed by atoms with Crippen LogP contribution in [0.2, 0.25) is 0 Å². The first-order valence-corrected chi connectivity index (χ1v) is 5.90. The molecule has 1 aromatic carbocycles. The average molecular weight is 266 g/mol. The van der Waals surface area contributed by atoms with Crippen LogP contribution in [0.5, 0.6) is 0 Å². The second kappa shape index (κ2) is 5.23. The summed E-state index contributed by atoms with van der Waals surface area (Å²) in [6, 6.07) is 6.85. The van der Waals surface area contributed by atoms with E-state index in [4.69, 9.17) is 16.0 Å². The van der Waals surface area contributed by atoms with Crippen molar-refractivity contribution in [3.63, 3.8) is 0 Å². The largest absolute Gasteiger partial charge is 0.465 e. The Morgan fingerprint density at radius 2 is 2.06 bits per heavy atom. The summed E-state index contributed by atoms with van der Waals surface area (Å²) in [5.74, 6) is 1.08. The van der Waals surface area contributed by atoms with Gasteiger partial charge in [-0.3, -0.25) is 0 Å². The highest BCUT2D eigenvalue weighted by Crippen LogP contribution is 2.23. The number of oxazole rings is 1. The van der Waals surface area contributed by atoms with Crippen LogP contribution in [0.1, 0.15) is 21.8 Å². The van der Waals surface area contributed by atoms with E-state index < -0.39 is 0 Å². The Labute approximate surface area is 110 Å². The van der Waals surface area contributed by atoms with Gasteiger partial charge in [-0.05, 0) is 31.2 Å². The summed E-state index contributed by atoms with van der Waals surface area (Å²) < 4.78 is 10.1. The molecule has 0 atom stereocenters. The molecule has 0 aliphatic rings. The lowest BCUT2D eigenvalue weighted by Gasteiger charge is -1.99. The molecule has 1 heterocycles. The molecule has 0 N–H and O–H groups in total. The van der Waals surface area contributed by atoms with Crippen molar-refractivity contribution in [2.45, 2.75) is 12.8 Å². The van der Waals surface area contributed by atoms with Gasteiger partial charge in [-0.25, -0.2) is 9.78 Å². The number of halogens is 1. The first-order valence-electron chi connectivity index (χ1n) is 5.36. The Bertz CT molecular complexity index is 560. The standard InChI is InChI=1S/C13H12ClNO3/c1-8-11(7-14)18-12(15-8)9-3-5-10(6-4-9)13(16)17-2/h3-6H,7H2,1-2H3. The van der Waals surface area contributed by atoms with Gasteiger partial charge >= 0.3 is 5.97 Å². The molecule has 0 unspecified atom stereocenters. The summed E-state index contributed by atoms with van der Waals surface area (Å²) in [6.07, 6.45) is 0. The molecule has 0 fully saturated rings. The number of benzene rings is 1. The highest BCUT2D eigenvalue weighted by Gasteiger charge is 2.11. The fourth-order valence-electron chi connectivity index (χ4n) is 1.54. The van der Waals surface area contributed by atoms with E-state index >= 15 is 0 Å². The zero-order valence-corrected chi connectivity index (χ0v) is 10.8. The molecule has 4 nitrogen and oxygen atoms in total. The lowest BCUT2D eigenvalue weighted by atomic mass is 10.1. The summed E-state index contributed by atoms with van der Waals surface area (Å²) in [4.78, 5) is 15.6. The van der Waals surface area contributed by atoms with E-state index in [0.29, 0.717) is 23.1 Å². The zero-order valence-electron chi connectivity index (χ0n) is 10.1. The lowest BCUT2D eigenvalue weighted by molar-refractivity contribution is 0.0601. The van der Waals surface area contributed by atoms with Gasteiger partial charge in [0.1, 0.15) is 5.76 Å². The highest BCUT2D eigenvalue weighted by molar-refractivity contribution is 6.16. The quantitative estimate of drug-likeness (QED) is 0.632. The third-order valence-electron chi connectivity index (χ3n) is 2.57. The maximum absolute atomic E-state index is 11.3. The molecular weight excluding hydrogens is 254 g/mol. The third-order valence-corrected chi connectivity index (χ3v) is 2.81. The van der Waals surface area contributed by atoms with E-state index in [9.17, 15) is 4.79 Å². The molecule has 0 bridgehead atoms. The number of esters is 1. The van der Waals surface area contributed by atoms with Gasteiger partial charge < -0.3 is 9.15 Å². The summed E-state index contributed by atoms with van der Waals surface area (Å²) in [7, 11) is 1.35. The first-order chi connectivity index (χ1) is 8.65. The molecule has 2 rings (SSSR count). The van der Waals surface area contributed by atoms with E-state index in [1.165, 1.54) is 7.11 Å². The van der Waals surface area contributed by atoms with Crippen molar-refractivity contribution < 1.29 is 13.9 Å². The van der Waals surface area contributed by atoms with Gasteiger partial charge in [0.15, 0.2) is 0 Å². The van der Waals surface area contributed by atoms with E-state index in [0.717, 1.165) is 11.3 Å². The summed E-state index contributed by atoms with van der Waals surface area (Å²) in [6.45, 7) is 1.84. The number of hydrogen-bond donors (Lipinski definition) is 0. The van der Waals surface area contributed by atoms with Crippen LogP contribution < -0.4 is 0 Å². The minimum absolute atomic E-state index is 0.291. The Hall–Kier alpha value is -1.81. The fourth-order valence-corrected chi connectivity index (χ4v) is 1.79. The van der Waals surface area contributed by atoms with E-state index in [1.54, 1.807) is 24.3 Å². The molecule has 18 heavy (non-hydrogen) atoms. The second-order valence-corrected chi connectivity index (χ2v) is 4.00. The minimum Gasteiger partial charge on any atom is -0.465 e. The van der Waals surface area contributed by atoms with Gasteiger partial charge in [-0.2, -0.15) is 0 Å². The van der Waals surface area contributed by atoms with Crippen molar-refractivity contribution in [3.8, 4) is 11.5 Å². The van der Waals surface area contributed by atoms with Crippen molar-refractivity contribution in [1.29, 1.82) is 0 Å². The smallest absolute Gasteiger partial charge is 0.337 e. The molecule has 5 heteroatoms. The van der Waals surface area contributed by atoms with Crippen molar-refractivity contribution >= 4 is 17.6 Å². The van der Waals surface area contributed by atoms with E-state index in [1.807, 2.05) is 6.92 Å². The van der Waals surface area contributed by atoms with Crippen LogP contribution in [0.15, 0.2) is 28.7 Å². The van der Waals surface area contributed by atoms with Gasteiger partial charge in [-0.15, -0.1) is 11.6 Å². The van der Waals surface area contributed by atoms with Crippen LogP contribution in [-0.2, 0) is 10.6 Å². The predicted molar refractivity (Wildman–Crippen MR) is 67.6 cm³/mol. The SMILES string of the molecule is COC(=O)c1ccc(-c2nc(C)c(CCl)o2)cc1. The molecule has 2 aromatic rings. The topological polar surface area (TPSA) is 52.3 Å². The van der Waals surface area contributed by atoms with Crippen LogP contribution in [0.25, 0.3) is 11.5 Å². The molecular formula is C13H12ClNO3. The Morgan fingerprint density at radius 1 is 1.39 bits per heavy atom. The van der Waals surface area contributed by atoms with Gasteiger partial charge in [0.2, 0.25) is 5.89 Å². The number of carbonyl (C=O) groups is 1. The van der Waals surface area contributed by atoms with Crippen molar-refractivity contribution in [1.82, 2.24) is 4.98 Å². The summed E-state index contributed by atoms with van der Waals surface area (Å²) in [5, 5.41) is 0. The molecule has 0 spiro atoms. The van der Waals surface area contributed by atoms with Gasteiger partial charge in [-0.1, -0.05) is 0 Å². The van der Waals surface area contributed by atoms with Gasteiger partial charge in [0, 0.05) is 5.56 Å². The Kier molecular flexibility index (Phi) is 3.67. The normalized spacial score (nSPS) is 10.4. The van der Waals surface area contributed by atoms with Crippen LogP contribution in [0, 0.1) is 6.92 Å². The van der Waals surface area contributed by atoms with Crippen molar-refractivity contribution in [3.05, 3.63) is 41.3 Å². The molecule has 94 valence electrons. The first kappa shape index (κ1) is 12.6. The van der Waals surface area contributed by atoms with Gasteiger partial charge in [0.05, 0.1) is 24.2 Å². The number of nitrogens with zero attached hydrogens (tertiary/aromatic N) is 1. The number of alkyl halides is 1. The minimum atomic E-state index is -0.369. The maximum atomic E-state index is 11.3. The number of aromatic nitrogens is 1. The Balaban J connectivity index is 2.31. The molecule has 0 amide bonds. The number of hydrogen-bond acceptors (Lipinski definition) is 4. The van der Waals surface area contributed by atoms with Crippen LogP contribution in [-0.4, -0.2) is 18.1 Å². The molecule has 1 aromatic heterocycles. The maximum Gasteiger partial charge on any atom is 0.337 e. The number of carbonyl (C=O) groups excluding carboxylic acids is 1. The Morgan fingerprint density at radius 3 is 2.56 bits per heavy atom. The van der Waals surface area contributed by atoms with Gasteiger partial charge in [0.25, 0.3) is 0 Å². The molecule has 0 aliphatic carbocycles. The molecule has 0 radical (unpaired) electrons. The number of ether oxygens (including phenoxy) is 1. The molecule has 0 saturated carbocycles. The van der Waals surface area contributed by atoms with Crippen LogP contribution in [0.3, 0.4) is 0 Å². The lowest BCUT2D eigenvalue weighted by Crippen LogP contribution is -2.00. The summed E-state index contributed by atoms with van der Waals surface area (Å²) in [5.41, 5.74) is 2.06. The van der Waals surface area contributed by atoms with Crippen LogP contribution in [0.4, 0.5) is 0 Å². The zero-order chi connectivity index (χ0) is 13.1. The fraction of sp³-hybridized carbons (Fsp3) is 0.231. The summed E-state index contributed by atoms with van der Waals surface area (Å²) >= 11 is 5.72. The van der Waals surface area contributed by atoms with E-state index in [-0.39, 0.29) is 5.97 Å². The molecule has 0 aliphatic heterocycles. The third kappa shape index (κ3) is 2.38. The van der Waals surface area contributed by atoms with Crippen molar-refractivity contribution in [2.24, 2.45) is 0 Å². The van der Waals surface area contributed by atoms with E-state index in [2.05, 4.69) is 9.72 Å². The number of rotatable bonds is 3. The van der Waals surface area contributed by atoms with Crippen LogP contribution >= 0.6 is 11.6 Å². The monoisotopic (exact) mass is 265 g/mol. The van der Waals surface area contributed by atoms with Crippen molar-refractivity contribution in [2.75, 3.05) is 7.11 Å². The highest BCUT2D eigenvalue weighted by atomic mass is 35.5. The number of methoxy groups -OCH3 is 1. The number of aryl methyl sites for hydroxylation is 1. The average Bonchev–Trinajstić information content (AvgIpc) is 2.79. The molecule has 0 saturated heterocycles. The second-order valence-electron chi connectivity index (χ2n) is 3.73.